The molecule has 1 nitrogen and oxygen atoms in total. The largest absolute Gasteiger partial charge is 0.373 e. The Hall–Kier alpha value is -0.780. The van der Waals surface area contributed by atoms with Gasteiger partial charge in [0.2, 0.25) is 0 Å². The Morgan fingerprint density at radius 2 is 2.00 bits per heavy atom. The first kappa shape index (κ1) is 10.3. The van der Waals surface area contributed by atoms with Crippen LogP contribution in [-0.4, -0.2) is 13.2 Å². The van der Waals surface area contributed by atoms with Crippen LogP contribution >= 0.6 is 0 Å². The minimum Gasteiger partial charge on any atom is -0.373 e. The van der Waals surface area contributed by atoms with Crippen LogP contribution in [0.3, 0.4) is 0 Å². The molecular weight excluding hydrogens is 160 g/mol. The lowest BCUT2D eigenvalue weighted by molar-refractivity contribution is 0.194. The van der Waals surface area contributed by atoms with Crippen LogP contribution in [0.2, 0.25) is 0 Å². The fraction of sp³-hybridized carbons (Fsp3) is 0.583. The van der Waals surface area contributed by atoms with Crippen molar-refractivity contribution in [3.8, 4) is 0 Å². The minimum atomic E-state index is 0.632. The molecule has 13 heavy (non-hydrogen) atoms. The van der Waals surface area contributed by atoms with Crippen LogP contribution in [0.25, 0.3) is 0 Å². The highest BCUT2D eigenvalue weighted by atomic mass is 16.5. The maximum atomic E-state index is 5.22. The highest BCUT2D eigenvalue weighted by Crippen LogP contribution is 2.21. The van der Waals surface area contributed by atoms with E-state index < -0.39 is 0 Å². The zero-order valence-corrected chi connectivity index (χ0v) is 8.22. The lowest BCUT2D eigenvalue weighted by atomic mass is 9.96. The molecule has 1 aliphatic carbocycles. The van der Waals surface area contributed by atoms with E-state index in [9.17, 15) is 0 Å². The van der Waals surface area contributed by atoms with Gasteiger partial charge < -0.3 is 4.74 Å². The maximum Gasteiger partial charge on any atom is 0.0725 e. The van der Waals surface area contributed by atoms with E-state index in [-0.39, 0.29) is 0 Å². The van der Waals surface area contributed by atoms with Crippen molar-refractivity contribution in [2.45, 2.75) is 32.1 Å². The Labute approximate surface area is 80.8 Å². The molecule has 0 aromatic rings. The SMILES string of the molecule is C=CCOCC=C=C1CCCCC1. The summed E-state index contributed by atoms with van der Waals surface area (Å²) in [4.78, 5) is 0. The smallest absolute Gasteiger partial charge is 0.0725 e. The van der Waals surface area contributed by atoms with Crippen molar-refractivity contribution in [1.29, 1.82) is 0 Å². The third-order valence-corrected chi connectivity index (χ3v) is 2.20. The molecule has 1 aliphatic rings. The molecule has 0 amide bonds. The summed E-state index contributed by atoms with van der Waals surface area (Å²) in [6, 6.07) is 0. The molecule has 0 spiro atoms. The van der Waals surface area contributed by atoms with E-state index in [1.54, 1.807) is 6.08 Å². The molecular formula is C12H18O. The van der Waals surface area contributed by atoms with E-state index in [0.29, 0.717) is 13.2 Å². The van der Waals surface area contributed by atoms with E-state index in [1.807, 2.05) is 6.08 Å². The van der Waals surface area contributed by atoms with Crippen molar-refractivity contribution in [3.05, 3.63) is 30.0 Å². The lowest BCUT2D eigenvalue weighted by Crippen LogP contribution is -1.92. The van der Waals surface area contributed by atoms with Crippen molar-refractivity contribution < 1.29 is 4.74 Å². The first-order chi connectivity index (χ1) is 6.43. The molecule has 0 N–H and O–H groups in total. The van der Waals surface area contributed by atoms with Crippen molar-refractivity contribution in [1.82, 2.24) is 0 Å². The zero-order valence-electron chi connectivity index (χ0n) is 8.22. The Balaban J connectivity index is 2.22. The normalized spacial score (nSPS) is 16.5. The summed E-state index contributed by atoms with van der Waals surface area (Å²) < 4.78 is 5.22. The fourth-order valence-electron chi connectivity index (χ4n) is 1.52. The fourth-order valence-corrected chi connectivity index (χ4v) is 1.52. The van der Waals surface area contributed by atoms with Crippen molar-refractivity contribution in [2.75, 3.05) is 13.2 Å². The average molecular weight is 178 g/mol. The second-order valence-electron chi connectivity index (χ2n) is 3.34. The highest BCUT2D eigenvalue weighted by molar-refractivity contribution is 5.03. The van der Waals surface area contributed by atoms with E-state index >= 15 is 0 Å². The summed E-state index contributed by atoms with van der Waals surface area (Å²) >= 11 is 0. The van der Waals surface area contributed by atoms with Gasteiger partial charge in [0.1, 0.15) is 0 Å². The first-order valence-corrected chi connectivity index (χ1v) is 5.05. The molecule has 72 valence electrons. The summed E-state index contributed by atoms with van der Waals surface area (Å²) in [5.41, 5.74) is 4.78. The maximum absolute atomic E-state index is 5.22. The second kappa shape index (κ2) is 6.71. The predicted octanol–water partition coefficient (Wildman–Crippen LogP) is 3.23. The molecule has 0 aliphatic heterocycles. The van der Waals surface area contributed by atoms with Crippen LogP contribution < -0.4 is 0 Å². The van der Waals surface area contributed by atoms with Gasteiger partial charge in [-0.2, -0.15) is 0 Å². The molecule has 0 bridgehead atoms. The van der Waals surface area contributed by atoms with Gasteiger partial charge >= 0.3 is 0 Å². The average Bonchev–Trinajstić information content (AvgIpc) is 2.19. The molecule has 1 fully saturated rings. The third kappa shape index (κ3) is 4.72. The Bertz CT molecular complexity index is 201. The van der Waals surface area contributed by atoms with E-state index in [0.717, 1.165) is 0 Å². The number of hydrogen-bond donors (Lipinski definition) is 0. The first-order valence-electron chi connectivity index (χ1n) is 5.05. The highest BCUT2D eigenvalue weighted by Gasteiger charge is 2.02. The van der Waals surface area contributed by atoms with Gasteiger partial charge in [-0.15, -0.1) is 12.3 Å². The number of hydrogen-bond acceptors (Lipinski definition) is 1. The summed E-state index contributed by atoms with van der Waals surface area (Å²) in [5.74, 6) is 0. The van der Waals surface area contributed by atoms with Crippen molar-refractivity contribution >= 4 is 0 Å². The quantitative estimate of drug-likeness (QED) is 0.365. The topological polar surface area (TPSA) is 9.23 Å². The monoisotopic (exact) mass is 178 g/mol. The van der Waals surface area contributed by atoms with Crippen LogP contribution in [0, 0.1) is 0 Å². The van der Waals surface area contributed by atoms with Crippen LogP contribution in [0.4, 0.5) is 0 Å². The molecule has 0 atom stereocenters. The van der Waals surface area contributed by atoms with E-state index in [2.05, 4.69) is 12.3 Å². The van der Waals surface area contributed by atoms with Gasteiger partial charge in [-0.3, -0.25) is 0 Å². The van der Waals surface area contributed by atoms with Gasteiger partial charge in [0.25, 0.3) is 0 Å². The third-order valence-electron chi connectivity index (χ3n) is 2.20. The Kier molecular flexibility index (Phi) is 5.31. The molecule has 0 heterocycles. The molecule has 0 aromatic heterocycles. The van der Waals surface area contributed by atoms with Gasteiger partial charge in [-0.05, 0) is 37.3 Å². The van der Waals surface area contributed by atoms with E-state index in [4.69, 9.17) is 4.74 Å². The van der Waals surface area contributed by atoms with E-state index in [1.165, 1.54) is 37.7 Å². The van der Waals surface area contributed by atoms with Gasteiger partial charge in [0.05, 0.1) is 13.2 Å². The molecule has 0 radical (unpaired) electrons. The summed E-state index contributed by atoms with van der Waals surface area (Å²) in [6.07, 6.45) is 10.3. The van der Waals surface area contributed by atoms with Gasteiger partial charge in [0, 0.05) is 0 Å². The van der Waals surface area contributed by atoms with Crippen LogP contribution in [0.15, 0.2) is 30.0 Å². The van der Waals surface area contributed by atoms with Gasteiger partial charge in [-0.25, -0.2) is 0 Å². The number of ether oxygens (including phenoxy) is 1. The van der Waals surface area contributed by atoms with Crippen molar-refractivity contribution in [2.24, 2.45) is 0 Å². The zero-order chi connectivity index (χ0) is 9.36. The molecule has 1 heteroatoms. The summed E-state index contributed by atoms with van der Waals surface area (Å²) in [5, 5.41) is 0. The molecule has 1 saturated carbocycles. The van der Waals surface area contributed by atoms with Crippen molar-refractivity contribution in [3.63, 3.8) is 0 Å². The van der Waals surface area contributed by atoms with Crippen LogP contribution in [-0.2, 0) is 4.74 Å². The summed E-state index contributed by atoms with van der Waals surface area (Å²) in [6.45, 7) is 4.88. The van der Waals surface area contributed by atoms with Gasteiger partial charge in [-0.1, -0.05) is 12.5 Å². The lowest BCUT2D eigenvalue weighted by Gasteiger charge is -2.10. The van der Waals surface area contributed by atoms with Gasteiger partial charge in [0.15, 0.2) is 0 Å². The summed E-state index contributed by atoms with van der Waals surface area (Å²) in [7, 11) is 0. The molecule has 1 rings (SSSR count). The number of rotatable bonds is 4. The molecule has 0 aromatic carbocycles. The van der Waals surface area contributed by atoms with Crippen LogP contribution in [0.5, 0.6) is 0 Å². The predicted molar refractivity (Wildman–Crippen MR) is 55.7 cm³/mol. The Morgan fingerprint density at radius 1 is 1.23 bits per heavy atom. The molecule has 0 saturated heterocycles. The molecule has 0 unspecified atom stereocenters. The standard InChI is InChI=1S/C12H18O/c1-2-10-13-11-6-9-12-7-4-3-5-8-12/h2,6H,1,3-5,7-8,10-11H2. The second-order valence-corrected chi connectivity index (χ2v) is 3.34. The minimum absolute atomic E-state index is 0.632. The Morgan fingerprint density at radius 3 is 2.69 bits per heavy atom. The van der Waals surface area contributed by atoms with Crippen LogP contribution in [0.1, 0.15) is 32.1 Å².